The van der Waals surface area contributed by atoms with Crippen LogP contribution in [0.5, 0.6) is 0 Å². The second-order valence-electron chi connectivity index (χ2n) is 4.59. The second-order valence-corrected chi connectivity index (χ2v) is 6.67. The molecule has 0 spiro atoms. The molecule has 2 rings (SSSR count). The van der Waals surface area contributed by atoms with Crippen LogP contribution in [0.2, 0.25) is 0 Å². The summed E-state index contributed by atoms with van der Waals surface area (Å²) in [5.41, 5.74) is 7.11. The lowest BCUT2D eigenvalue weighted by Gasteiger charge is -2.07. The molecule has 0 radical (unpaired) electrons. The number of rotatable bonds is 4. The zero-order chi connectivity index (χ0) is 11.8. The third kappa shape index (κ3) is 2.55. The predicted molar refractivity (Wildman–Crippen MR) is 65.0 cm³/mol. The van der Waals surface area contributed by atoms with Crippen molar-refractivity contribution in [3.8, 4) is 0 Å². The molecule has 1 aliphatic rings. The van der Waals surface area contributed by atoms with Crippen LogP contribution in [0, 0.1) is 12.8 Å². The molecule has 0 atom stereocenters. The van der Waals surface area contributed by atoms with Crippen LogP contribution < -0.4 is 5.73 Å². The lowest BCUT2D eigenvalue weighted by Crippen LogP contribution is -2.10. The first kappa shape index (κ1) is 11.5. The summed E-state index contributed by atoms with van der Waals surface area (Å²) in [5, 5.41) is 0. The highest BCUT2D eigenvalue weighted by Gasteiger charge is 2.25. The van der Waals surface area contributed by atoms with E-state index in [1.54, 1.807) is 18.2 Å². The van der Waals surface area contributed by atoms with Gasteiger partial charge in [-0.05, 0) is 37.0 Å². The SMILES string of the molecule is Cc1ccc(S(=O)(=O)CCC2CC2)c(N)c1. The van der Waals surface area contributed by atoms with E-state index < -0.39 is 9.84 Å². The molecule has 0 amide bonds. The maximum absolute atomic E-state index is 12.0. The van der Waals surface area contributed by atoms with Crippen molar-refractivity contribution in [2.45, 2.75) is 31.1 Å². The average molecular weight is 239 g/mol. The van der Waals surface area contributed by atoms with E-state index >= 15 is 0 Å². The van der Waals surface area contributed by atoms with Gasteiger partial charge in [-0.1, -0.05) is 18.9 Å². The molecule has 0 heterocycles. The maximum Gasteiger partial charge on any atom is 0.180 e. The van der Waals surface area contributed by atoms with Crippen LogP contribution in [0.25, 0.3) is 0 Å². The zero-order valence-electron chi connectivity index (χ0n) is 9.44. The summed E-state index contributed by atoms with van der Waals surface area (Å²) in [6.45, 7) is 1.90. The Morgan fingerprint density at radius 3 is 2.62 bits per heavy atom. The van der Waals surface area contributed by atoms with Crippen LogP contribution in [0.4, 0.5) is 5.69 Å². The lowest BCUT2D eigenvalue weighted by molar-refractivity contribution is 0.590. The molecule has 0 bridgehead atoms. The Bertz CT molecular complexity index is 490. The molecule has 1 aromatic carbocycles. The van der Waals surface area contributed by atoms with Gasteiger partial charge in [0.2, 0.25) is 0 Å². The molecule has 0 saturated heterocycles. The number of sulfone groups is 1. The first-order valence-electron chi connectivity index (χ1n) is 5.58. The van der Waals surface area contributed by atoms with Gasteiger partial charge in [-0.15, -0.1) is 0 Å². The Balaban J connectivity index is 2.20. The minimum atomic E-state index is -3.19. The summed E-state index contributed by atoms with van der Waals surface area (Å²) in [7, 11) is -3.19. The average Bonchev–Trinajstić information content (AvgIpc) is 2.97. The molecule has 1 saturated carbocycles. The summed E-state index contributed by atoms with van der Waals surface area (Å²) >= 11 is 0. The van der Waals surface area contributed by atoms with Crippen molar-refractivity contribution in [2.24, 2.45) is 5.92 Å². The number of anilines is 1. The van der Waals surface area contributed by atoms with Gasteiger partial charge >= 0.3 is 0 Å². The fourth-order valence-electron chi connectivity index (χ4n) is 1.79. The Hall–Kier alpha value is -1.03. The van der Waals surface area contributed by atoms with Gasteiger partial charge in [0.05, 0.1) is 16.3 Å². The highest BCUT2D eigenvalue weighted by Crippen LogP contribution is 2.33. The summed E-state index contributed by atoms with van der Waals surface area (Å²) in [5.74, 6) is 0.853. The van der Waals surface area contributed by atoms with Crippen LogP contribution in [-0.4, -0.2) is 14.2 Å². The largest absolute Gasteiger partial charge is 0.398 e. The number of hydrogen-bond donors (Lipinski definition) is 1. The van der Waals surface area contributed by atoms with E-state index in [0.29, 0.717) is 16.5 Å². The molecule has 3 nitrogen and oxygen atoms in total. The molecule has 1 aromatic rings. The fraction of sp³-hybridized carbons (Fsp3) is 0.500. The molecule has 4 heteroatoms. The predicted octanol–water partition coefficient (Wildman–Crippen LogP) is 2.15. The van der Waals surface area contributed by atoms with Crippen molar-refractivity contribution in [1.29, 1.82) is 0 Å². The van der Waals surface area contributed by atoms with Crippen molar-refractivity contribution in [3.05, 3.63) is 23.8 Å². The van der Waals surface area contributed by atoms with Gasteiger partial charge in [-0.2, -0.15) is 0 Å². The summed E-state index contributed by atoms with van der Waals surface area (Å²) in [4.78, 5) is 0.291. The molecule has 0 unspecified atom stereocenters. The third-order valence-corrected chi connectivity index (χ3v) is 4.81. The van der Waals surface area contributed by atoms with E-state index in [9.17, 15) is 8.42 Å². The molecule has 1 fully saturated rings. The fourth-order valence-corrected chi connectivity index (χ4v) is 3.35. The van der Waals surface area contributed by atoms with Crippen molar-refractivity contribution in [1.82, 2.24) is 0 Å². The number of benzene rings is 1. The van der Waals surface area contributed by atoms with Crippen LogP contribution >= 0.6 is 0 Å². The molecule has 1 aliphatic carbocycles. The Morgan fingerprint density at radius 2 is 2.06 bits per heavy atom. The molecule has 88 valence electrons. The highest BCUT2D eigenvalue weighted by atomic mass is 32.2. The normalized spacial score (nSPS) is 16.3. The lowest BCUT2D eigenvalue weighted by atomic mass is 10.2. The van der Waals surface area contributed by atoms with Gasteiger partial charge in [0, 0.05) is 0 Å². The van der Waals surface area contributed by atoms with E-state index in [-0.39, 0.29) is 5.75 Å². The molecular weight excluding hydrogens is 222 g/mol. The third-order valence-electron chi connectivity index (χ3n) is 2.99. The quantitative estimate of drug-likeness (QED) is 0.819. The van der Waals surface area contributed by atoms with Crippen molar-refractivity contribution < 1.29 is 8.42 Å². The minimum Gasteiger partial charge on any atom is -0.398 e. The van der Waals surface area contributed by atoms with Gasteiger partial charge < -0.3 is 5.73 Å². The Kier molecular flexibility index (Phi) is 2.93. The van der Waals surface area contributed by atoms with Crippen molar-refractivity contribution >= 4 is 15.5 Å². The topological polar surface area (TPSA) is 60.2 Å². The number of aryl methyl sites for hydroxylation is 1. The van der Waals surface area contributed by atoms with Gasteiger partial charge in [0.1, 0.15) is 0 Å². The van der Waals surface area contributed by atoms with Crippen LogP contribution in [0.15, 0.2) is 23.1 Å². The maximum atomic E-state index is 12.0. The van der Waals surface area contributed by atoms with Gasteiger partial charge in [0.25, 0.3) is 0 Å². The first-order valence-corrected chi connectivity index (χ1v) is 7.23. The number of nitrogens with two attached hydrogens (primary N) is 1. The first-order chi connectivity index (χ1) is 7.49. The standard InChI is InChI=1S/C12H17NO2S/c1-9-2-5-12(11(13)8-9)16(14,15)7-6-10-3-4-10/h2,5,8,10H,3-4,6-7,13H2,1H3. The zero-order valence-corrected chi connectivity index (χ0v) is 10.3. The van der Waals surface area contributed by atoms with Crippen molar-refractivity contribution in [2.75, 3.05) is 11.5 Å². The van der Waals surface area contributed by atoms with E-state index in [2.05, 4.69) is 0 Å². The van der Waals surface area contributed by atoms with Gasteiger partial charge in [0.15, 0.2) is 9.84 Å². The van der Waals surface area contributed by atoms with E-state index in [0.717, 1.165) is 12.0 Å². The minimum absolute atomic E-state index is 0.227. The molecule has 0 aliphatic heterocycles. The number of nitrogen functional groups attached to an aromatic ring is 1. The van der Waals surface area contributed by atoms with Gasteiger partial charge in [-0.25, -0.2) is 8.42 Å². The summed E-state index contributed by atoms with van der Waals surface area (Å²) in [6.07, 6.45) is 3.13. The smallest absolute Gasteiger partial charge is 0.180 e. The van der Waals surface area contributed by atoms with E-state index in [1.807, 2.05) is 6.92 Å². The summed E-state index contributed by atoms with van der Waals surface area (Å²) < 4.78 is 24.0. The second kappa shape index (κ2) is 4.09. The monoisotopic (exact) mass is 239 g/mol. The van der Waals surface area contributed by atoms with Crippen LogP contribution in [0.1, 0.15) is 24.8 Å². The Morgan fingerprint density at radius 1 is 1.38 bits per heavy atom. The summed E-state index contributed by atoms with van der Waals surface area (Å²) in [6, 6.07) is 5.12. The van der Waals surface area contributed by atoms with E-state index in [1.165, 1.54) is 12.8 Å². The molecule has 0 aromatic heterocycles. The molecule has 16 heavy (non-hydrogen) atoms. The number of hydrogen-bond acceptors (Lipinski definition) is 3. The van der Waals surface area contributed by atoms with Gasteiger partial charge in [-0.3, -0.25) is 0 Å². The molecule has 2 N–H and O–H groups in total. The molecular formula is C12H17NO2S. The Labute approximate surface area is 96.6 Å². The van der Waals surface area contributed by atoms with Crippen LogP contribution in [0.3, 0.4) is 0 Å². The van der Waals surface area contributed by atoms with E-state index in [4.69, 9.17) is 5.73 Å². The van der Waals surface area contributed by atoms with Crippen LogP contribution in [-0.2, 0) is 9.84 Å². The highest BCUT2D eigenvalue weighted by molar-refractivity contribution is 7.91. The van der Waals surface area contributed by atoms with Crippen molar-refractivity contribution in [3.63, 3.8) is 0 Å².